The Bertz CT molecular complexity index is 1930. The van der Waals surface area contributed by atoms with Crippen molar-refractivity contribution in [2.75, 3.05) is 39.6 Å². The molecule has 0 spiro atoms. The highest BCUT2D eigenvalue weighted by Gasteiger charge is 2.51. The Morgan fingerprint density at radius 1 is 0.539 bits per heavy atom. The smallest absolute Gasteiger partial charge is 0.119 e. The third-order valence-electron chi connectivity index (χ3n) is 18.8. The predicted molar refractivity (Wildman–Crippen MR) is 321 cm³/mol. The van der Waals surface area contributed by atoms with Crippen LogP contribution in [0.3, 0.4) is 0 Å². The number of hydrogen-bond donors (Lipinski definition) is 2. The minimum Gasteiger partial charge on any atom is -0.493 e. The normalized spacial score (nSPS) is 22.9. The predicted octanol–water partition coefficient (Wildman–Crippen LogP) is 17.6. The Balaban J connectivity index is 0.00000988. The van der Waals surface area contributed by atoms with Gasteiger partial charge in [-0.3, -0.25) is 0 Å². The molecule has 2 aromatic carbocycles. The third kappa shape index (κ3) is 21.5. The second-order valence-electron chi connectivity index (χ2n) is 28.9. The zero-order valence-corrected chi connectivity index (χ0v) is 50.7. The van der Waals surface area contributed by atoms with Crippen molar-refractivity contribution in [1.29, 1.82) is 0 Å². The summed E-state index contributed by atoms with van der Waals surface area (Å²) in [6.07, 6.45) is 16.9. The van der Waals surface area contributed by atoms with E-state index in [2.05, 4.69) is 110 Å². The van der Waals surface area contributed by atoms with Gasteiger partial charge < -0.3 is 38.6 Å². The van der Waals surface area contributed by atoms with Gasteiger partial charge >= 0.3 is 0 Å². The summed E-state index contributed by atoms with van der Waals surface area (Å²) in [6.45, 7) is 47.1. The number of aliphatic hydroxyl groups is 2. The minimum absolute atomic E-state index is 0. The summed E-state index contributed by atoms with van der Waals surface area (Å²) in [6, 6.07) is 19.6. The van der Waals surface area contributed by atoms with Crippen LogP contribution in [-0.4, -0.2) is 83.5 Å². The lowest BCUT2D eigenvalue weighted by Crippen LogP contribution is -2.47. The molecule has 0 amide bonds. The first-order valence-corrected chi connectivity index (χ1v) is 29.0. The molecule has 0 radical (unpaired) electrons. The van der Waals surface area contributed by atoms with Gasteiger partial charge in [0, 0.05) is 25.0 Å². The quantitative estimate of drug-likeness (QED) is 0.0529. The summed E-state index contributed by atoms with van der Waals surface area (Å²) in [7, 11) is 0. The molecular weight excluding hydrogens is 945 g/mol. The first kappa shape index (κ1) is 69.6. The largest absolute Gasteiger partial charge is 0.493 e. The van der Waals surface area contributed by atoms with Crippen molar-refractivity contribution < 1.29 is 38.6 Å². The zero-order valence-electron chi connectivity index (χ0n) is 50.7. The highest BCUT2D eigenvalue weighted by Crippen LogP contribution is 2.59. The van der Waals surface area contributed by atoms with Crippen LogP contribution >= 0.6 is 0 Å². The molecule has 0 aromatic heterocycles. The van der Waals surface area contributed by atoms with E-state index >= 15 is 0 Å². The lowest BCUT2D eigenvalue weighted by atomic mass is 9.51. The van der Waals surface area contributed by atoms with E-state index in [0.29, 0.717) is 43.7 Å². The molecule has 0 bridgehead atoms. The Morgan fingerprint density at radius 2 is 0.921 bits per heavy atom. The van der Waals surface area contributed by atoms with Crippen LogP contribution in [0.15, 0.2) is 73.3 Å². The first-order valence-electron chi connectivity index (χ1n) is 29.0. The molecule has 0 heterocycles. The molecule has 5 atom stereocenters. The Kier molecular flexibility index (Phi) is 25.9. The molecule has 2 aliphatic rings. The molecule has 2 N–H and O–H groups in total. The molecule has 2 fully saturated rings. The SMILES string of the molecule is C.C.C=CC1CC(C)(CC(C)(C)OCCCCC(C)(C)C(C)(C)OCC(COc2ccccc2)C(C)(C)O)CCC1C1CC(C)(CC(C)(C)OCCCCC(C)(C)C(C)(C)OCC(COc2ccccc2)C(C)(C)O)C1. The number of para-hydroxylation sites is 2. The number of unbranched alkanes of at least 4 members (excludes halogenated alkanes) is 2. The maximum absolute atomic E-state index is 11.0. The maximum atomic E-state index is 11.0. The molecule has 2 aromatic rings. The van der Waals surface area contributed by atoms with Crippen LogP contribution in [0.25, 0.3) is 0 Å². The van der Waals surface area contributed by atoms with Gasteiger partial charge in [0.1, 0.15) is 11.5 Å². The van der Waals surface area contributed by atoms with Gasteiger partial charge in [0.25, 0.3) is 0 Å². The monoisotopic (exact) mass is 1060 g/mol. The van der Waals surface area contributed by atoms with Crippen LogP contribution in [0, 0.1) is 51.2 Å². The molecule has 0 saturated heterocycles. The zero-order chi connectivity index (χ0) is 55.5. The number of ether oxygens (including phenoxy) is 6. The van der Waals surface area contributed by atoms with Gasteiger partial charge in [-0.15, -0.1) is 6.58 Å². The topological polar surface area (TPSA) is 95.8 Å². The molecule has 76 heavy (non-hydrogen) atoms. The molecule has 440 valence electrons. The Hall–Kier alpha value is -2.46. The standard InChI is InChI=1S/C66H112O8.2CH4/c1-20-50-41-65(18,48-59(6,7)71-39-29-27-36-57(2,3)63(14,15)73-46-52(61(10,11)67)44-69-54-31-23-21-24-32-54)38-35-56(50)51-42-66(19,43-51)49-60(8,9)72-40-30-28-37-58(4,5)64(16,17)74-47-53(62(12,13)68)45-70-55-33-25-22-26-34-55;;/h20-26,31-34,50-53,56,67-68H,1,27-30,35-49H2,2-19H3;2*1H4. The molecule has 4 rings (SSSR count). The summed E-state index contributed by atoms with van der Waals surface area (Å²) >= 11 is 0. The average Bonchev–Trinajstić information content (AvgIpc) is 3.26. The summed E-state index contributed by atoms with van der Waals surface area (Å²) in [5.41, 5.74) is -2.58. The van der Waals surface area contributed by atoms with Crippen LogP contribution in [0.5, 0.6) is 11.5 Å². The first-order chi connectivity index (χ1) is 34.0. The van der Waals surface area contributed by atoms with Gasteiger partial charge in [0.05, 0.1) is 60.0 Å². The summed E-state index contributed by atoms with van der Waals surface area (Å²) in [5, 5.41) is 22.0. The third-order valence-corrected chi connectivity index (χ3v) is 18.8. The fraction of sp³-hybridized carbons (Fsp3) is 0.794. The van der Waals surface area contributed by atoms with E-state index in [0.717, 1.165) is 82.0 Å². The van der Waals surface area contributed by atoms with Crippen LogP contribution in [0.4, 0.5) is 0 Å². The van der Waals surface area contributed by atoms with Crippen molar-refractivity contribution in [2.24, 2.45) is 51.2 Å². The summed E-state index contributed by atoms with van der Waals surface area (Å²) in [5.74, 6) is 3.28. The number of hydrogen-bond acceptors (Lipinski definition) is 8. The van der Waals surface area contributed by atoms with E-state index in [1.54, 1.807) is 0 Å². The summed E-state index contributed by atoms with van der Waals surface area (Å²) in [4.78, 5) is 0. The molecule has 2 aliphatic carbocycles. The fourth-order valence-electron chi connectivity index (χ4n) is 12.4. The number of rotatable bonds is 34. The van der Waals surface area contributed by atoms with E-state index < -0.39 is 11.2 Å². The summed E-state index contributed by atoms with van der Waals surface area (Å²) < 4.78 is 38.7. The number of allylic oxidation sites excluding steroid dienone is 1. The maximum Gasteiger partial charge on any atom is 0.119 e. The van der Waals surface area contributed by atoms with Crippen molar-refractivity contribution in [3.8, 4) is 11.5 Å². The molecule has 0 aliphatic heterocycles. The molecule has 5 unspecified atom stereocenters. The van der Waals surface area contributed by atoms with Crippen molar-refractivity contribution in [3.63, 3.8) is 0 Å². The highest BCUT2D eigenvalue weighted by atomic mass is 16.5. The van der Waals surface area contributed by atoms with Gasteiger partial charge in [-0.1, -0.05) is 112 Å². The van der Waals surface area contributed by atoms with Gasteiger partial charge in [-0.05, 0) is 217 Å². The highest BCUT2D eigenvalue weighted by molar-refractivity contribution is 5.22. The molecular formula is C68H120O8. The van der Waals surface area contributed by atoms with E-state index in [1.165, 1.54) is 32.1 Å². The van der Waals surface area contributed by atoms with Gasteiger partial charge in [-0.25, -0.2) is 0 Å². The van der Waals surface area contributed by atoms with E-state index in [-0.39, 0.29) is 65.3 Å². The lowest BCUT2D eigenvalue weighted by Gasteiger charge is -2.55. The van der Waals surface area contributed by atoms with Gasteiger partial charge in [0.15, 0.2) is 0 Å². The molecule has 2 saturated carbocycles. The van der Waals surface area contributed by atoms with Crippen LogP contribution < -0.4 is 9.47 Å². The molecule has 8 nitrogen and oxygen atoms in total. The van der Waals surface area contributed by atoms with E-state index in [4.69, 9.17) is 28.4 Å². The van der Waals surface area contributed by atoms with Crippen molar-refractivity contribution in [3.05, 3.63) is 73.3 Å². The van der Waals surface area contributed by atoms with Crippen LogP contribution in [0.1, 0.15) is 223 Å². The van der Waals surface area contributed by atoms with Gasteiger partial charge in [0.2, 0.25) is 0 Å². The minimum atomic E-state index is -0.931. The second kappa shape index (κ2) is 28.3. The molecule has 8 heteroatoms. The Labute approximate surface area is 469 Å². The van der Waals surface area contributed by atoms with Crippen molar-refractivity contribution in [1.82, 2.24) is 0 Å². The van der Waals surface area contributed by atoms with Gasteiger partial charge in [-0.2, -0.15) is 0 Å². The van der Waals surface area contributed by atoms with Crippen molar-refractivity contribution in [2.45, 2.75) is 257 Å². The van der Waals surface area contributed by atoms with Crippen molar-refractivity contribution >= 4 is 0 Å². The Morgan fingerprint density at radius 3 is 1.29 bits per heavy atom. The average molecular weight is 1070 g/mol. The van der Waals surface area contributed by atoms with E-state index in [1.807, 2.05) is 88.4 Å². The van der Waals surface area contributed by atoms with E-state index in [9.17, 15) is 10.2 Å². The van der Waals surface area contributed by atoms with Crippen LogP contribution in [0.2, 0.25) is 0 Å². The fourth-order valence-corrected chi connectivity index (χ4v) is 12.4. The number of benzene rings is 2. The second-order valence-corrected chi connectivity index (χ2v) is 28.9. The lowest BCUT2D eigenvalue weighted by molar-refractivity contribution is -0.139. The van der Waals surface area contributed by atoms with Crippen LogP contribution in [-0.2, 0) is 18.9 Å².